The van der Waals surface area contributed by atoms with Gasteiger partial charge in [-0.3, -0.25) is 4.57 Å². The van der Waals surface area contributed by atoms with Gasteiger partial charge in [0.2, 0.25) is 0 Å². The Labute approximate surface area is 176 Å². The van der Waals surface area contributed by atoms with Gasteiger partial charge in [-0.25, -0.2) is 15.0 Å². The minimum absolute atomic E-state index is 0.259. The molecule has 0 unspecified atom stereocenters. The summed E-state index contributed by atoms with van der Waals surface area (Å²) in [4.78, 5) is 12.3. The molecule has 2 aromatic heterocycles. The minimum atomic E-state index is -1.09. The summed E-state index contributed by atoms with van der Waals surface area (Å²) in [6.45, 7) is 0. The number of nitrogens with zero attached hydrogens (tertiary/aromatic N) is 4. The standard InChI is InChI=1S/C21H21N5O3S/c22-19-16-20(24-10-23-19)26(11-25-16)21-18(28)17(27)15(29-21)9-30-8-12-5-6-13-3-1-2-4-14(13)7-12/h1-7,10-11,15,17-18,21,27-28H,8-9H2,(H2,22,23,24)/t15-,17-,18-,21-/m1/s1. The van der Waals surface area contributed by atoms with Crippen LogP contribution in [-0.4, -0.2) is 53.8 Å². The Morgan fingerprint density at radius 2 is 1.87 bits per heavy atom. The molecule has 4 atom stereocenters. The van der Waals surface area contributed by atoms with Gasteiger partial charge in [-0.2, -0.15) is 11.8 Å². The number of hydrogen-bond acceptors (Lipinski definition) is 8. The average Bonchev–Trinajstić information content (AvgIpc) is 3.31. The number of nitrogens with two attached hydrogens (primary N) is 1. The van der Waals surface area contributed by atoms with Gasteiger partial charge < -0.3 is 20.7 Å². The maximum absolute atomic E-state index is 10.6. The van der Waals surface area contributed by atoms with Gasteiger partial charge in [0.05, 0.1) is 12.4 Å². The highest BCUT2D eigenvalue weighted by Crippen LogP contribution is 2.34. The number of benzene rings is 2. The molecule has 0 bridgehead atoms. The highest BCUT2D eigenvalue weighted by molar-refractivity contribution is 7.98. The SMILES string of the molecule is Nc1ncnc2c1ncn2[C@@H]1O[C@H](CSCc2ccc3ccccc3c2)[C@@H](O)[C@H]1O. The second kappa shape index (κ2) is 7.84. The molecule has 4 aromatic rings. The Kier molecular flexibility index (Phi) is 5.03. The average molecular weight is 423 g/mol. The van der Waals surface area contributed by atoms with E-state index in [9.17, 15) is 10.2 Å². The fourth-order valence-corrected chi connectivity index (χ4v) is 4.82. The largest absolute Gasteiger partial charge is 0.387 e. The number of aliphatic hydroxyl groups excluding tert-OH is 2. The van der Waals surface area contributed by atoms with Gasteiger partial charge in [0.25, 0.3) is 0 Å². The van der Waals surface area contributed by atoms with Gasteiger partial charge in [-0.1, -0.05) is 42.5 Å². The molecule has 0 radical (unpaired) electrons. The molecule has 9 heteroatoms. The summed E-state index contributed by atoms with van der Waals surface area (Å²) in [5.41, 5.74) is 7.94. The van der Waals surface area contributed by atoms with Crippen molar-refractivity contribution in [3.63, 3.8) is 0 Å². The van der Waals surface area contributed by atoms with E-state index in [-0.39, 0.29) is 5.82 Å². The molecular weight excluding hydrogens is 402 g/mol. The van der Waals surface area contributed by atoms with Crippen molar-refractivity contribution in [2.45, 2.75) is 30.3 Å². The molecule has 1 aliphatic heterocycles. The third-order valence-electron chi connectivity index (χ3n) is 5.36. The summed E-state index contributed by atoms with van der Waals surface area (Å²) >= 11 is 1.66. The second-order valence-electron chi connectivity index (χ2n) is 7.33. The van der Waals surface area contributed by atoms with Crippen LogP contribution < -0.4 is 5.73 Å². The number of thioether (sulfide) groups is 1. The van der Waals surface area contributed by atoms with Gasteiger partial charge in [0, 0.05) is 11.5 Å². The van der Waals surface area contributed by atoms with Crippen LogP contribution in [0.4, 0.5) is 5.82 Å². The molecule has 30 heavy (non-hydrogen) atoms. The van der Waals surface area contributed by atoms with Crippen molar-refractivity contribution in [3.8, 4) is 0 Å². The van der Waals surface area contributed by atoms with E-state index in [4.69, 9.17) is 10.5 Å². The van der Waals surface area contributed by atoms with Gasteiger partial charge in [0.1, 0.15) is 24.1 Å². The molecule has 3 heterocycles. The van der Waals surface area contributed by atoms with Crippen molar-refractivity contribution in [2.75, 3.05) is 11.5 Å². The number of anilines is 1. The molecule has 0 amide bonds. The van der Waals surface area contributed by atoms with Crippen LogP contribution in [0.5, 0.6) is 0 Å². The molecule has 5 rings (SSSR count). The molecule has 1 fully saturated rings. The molecule has 8 nitrogen and oxygen atoms in total. The molecule has 0 spiro atoms. The lowest BCUT2D eigenvalue weighted by atomic mass is 10.1. The number of ether oxygens (including phenoxy) is 1. The third kappa shape index (κ3) is 3.39. The maximum atomic E-state index is 10.6. The minimum Gasteiger partial charge on any atom is -0.387 e. The Balaban J connectivity index is 1.27. The summed E-state index contributed by atoms with van der Waals surface area (Å²) in [5.74, 6) is 1.59. The number of imidazole rings is 1. The maximum Gasteiger partial charge on any atom is 0.167 e. The fourth-order valence-electron chi connectivity index (χ4n) is 3.77. The van der Waals surface area contributed by atoms with Gasteiger partial charge in [-0.15, -0.1) is 0 Å². The van der Waals surface area contributed by atoms with Gasteiger partial charge in [0.15, 0.2) is 17.7 Å². The fraction of sp³-hybridized carbons (Fsp3) is 0.286. The lowest BCUT2D eigenvalue weighted by Crippen LogP contribution is -2.32. The van der Waals surface area contributed by atoms with E-state index in [1.54, 1.807) is 16.3 Å². The summed E-state index contributed by atoms with van der Waals surface area (Å²) in [6.07, 6.45) is -0.552. The van der Waals surface area contributed by atoms with E-state index < -0.39 is 24.5 Å². The van der Waals surface area contributed by atoms with E-state index in [0.29, 0.717) is 16.9 Å². The summed E-state index contributed by atoms with van der Waals surface area (Å²) in [7, 11) is 0. The molecular formula is C21H21N5O3S. The topological polar surface area (TPSA) is 119 Å². The third-order valence-corrected chi connectivity index (χ3v) is 6.46. The first-order chi connectivity index (χ1) is 14.6. The highest BCUT2D eigenvalue weighted by atomic mass is 32.2. The zero-order valence-electron chi connectivity index (χ0n) is 16.0. The lowest BCUT2D eigenvalue weighted by Gasteiger charge is -2.16. The van der Waals surface area contributed by atoms with Crippen LogP contribution in [0.2, 0.25) is 0 Å². The molecule has 0 aliphatic carbocycles. The van der Waals surface area contributed by atoms with Crippen molar-refractivity contribution in [1.29, 1.82) is 0 Å². The van der Waals surface area contributed by atoms with Crippen molar-refractivity contribution in [3.05, 3.63) is 60.7 Å². The molecule has 4 N–H and O–H groups in total. The van der Waals surface area contributed by atoms with Gasteiger partial charge in [-0.05, 0) is 16.3 Å². The number of aliphatic hydroxyl groups is 2. The van der Waals surface area contributed by atoms with E-state index in [2.05, 4.69) is 45.3 Å². The number of fused-ring (bicyclic) bond motifs is 2. The Morgan fingerprint density at radius 1 is 1.03 bits per heavy atom. The van der Waals surface area contributed by atoms with Crippen LogP contribution in [0.15, 0.2) is 55.1 Å². The zero-order chi connectivity index (χ0) is 20.7. The van der Waals surface area contributed by atoms with Crippen LogP contribution in [0.1, 0.15) is 11.8 Å². The number of nitrogen functional groups attached to an aromatic ring is 1. The van der Waals surface area contributed by atoms with E-state index in [1.807, 2.05) is 12.1 Å². The van der Waals surface area contributed by atoms with E-state index in [0.717, 1.165) is 5.75 Å². The van der Waals surface area contributed by atoms with Crippen LogP contribution in [0.25, 0.3) is 21.9 Å². The van der Waals surface area contributed by atoms with Crippen molar-refractivity contribution in [2.24, 2.45) is 0 Å². The van der Waals surface area contributed by atoms with Crippen LogP contribution in [-0.2, 0) is 10.5 Å². The second-order valence-corrected chi connectivity index (χ2v) is 8.36. The van der Waals surface area contributed by atoms with Gasteiger partial charge >= 0.3 is 0 Å². The molecule has 154 valence electrons. The van der Waals surface area contributed by atoms with Crippen LogP contribution >= 0.6 is 11.8 Å². The summed E-state index contributed by atoms with van der Waals surface area (Å²) in [5, 5.41) is 23.5. The normalized spacial score (nSPS) is 24.1. The Morgan fingerprint density at radius 3 is 2.73 bits per heavy atom. The number of hydrogen-bond donors (Lipinski definition) is 3. The van der Waals surface area contributed by atoms with Crippen LogP contribution in [0.3, 0.4) is 0 Å². The van der Waals surface area contributed by atoms with E-state index >= 15 is 0 Å². The monoisotopic (exact) mass is 423 g/mol. The molecule has 1 saturated heterocycles. The first kappa shape index (κ1) is 19.3. The molecule has 2 aromatic carbocycles. The quantitative estimate of drug-likeness (QED) is 0.447. The predicted molar refractivity (Wildman–Crippen MR) is 116 cm³/mol. The Bertz CT molecular complexity index is 1200. The van der Waals surface area contributed by atoms with Crippen molar-refractivity contribution >= 4 is 39.5 Å². The van der Waals surface area contributed by atoms with Crippen LogP contribution in [0, 0.1) is 0 Å². The number of rotatable bonds is 5. The molecule has 0 saturated carbocycles. The predicted octanol–water partition coefficient (Wildman–Crippen LogP) is 2.11. The van der Waals surface area contributed by atoms with Crippen molar-refractivity contribution < 1.29 is 14.9 Å². The summed E-state index contributed by atoms with van der Waals surface area (Å²) in [6, 6.07) is 14.6. The lowest BCUT2D eigenvalue weighted by molar-refractivity contribution is -0.0289. The smallest absolute Gasteiger partial charge is 0.167 e. The highest BCUT2D eigenvalue weighted by Gasteiger charge is 2.44. The van der Waals surface area contributed by atoms with Crippen molar-refractivity contribution in [1.82, 2.24) is 19.5 Å². The zero-order valence-corrected chi connectivity index (χ0v) is 16.8. The number of aromatic nitrogens is 4. The van der Waals surface area contributed by atoms with E-state index in [1.165, 1.54) is 29.0 Å². The Hall–Kier alpha value is -2.72. The molecule has 1 aliphatic rings. The summed E-state index contributed by atoms with van der Waals surface area (Å²) < 4.78 is 7.58. The first-order valence-electron chi connectivity index (χ1n) is 9.62. The first-order valence-corrected chi connectivity index (χ1v) is 10.8.